The SMILES string of the molecule is CCOC(=O)OC(C=O)c1ccccc1F. The molecule has 1 rings (SSSR count). The zero-order valence-electron chi connectivity index (χ0n) is 8.68. The molecule has 0 aliphatic carbocycles. The molecule has 16 heavy (non-hydrogen) atoms. The number of rotatable bonds is 4. The van der Waals surface area contributed by atoms with Gasteiger partial charge in [0, 0.05) is 5.56 Å². The molecule has 0 spiro atoms. The molecule has 0 amide bonds. The summed E-state index contributed by atoms with van der Waals surface area (Å²) in [6, 6.07) is 5.57. The van der Waals surface area contributed by atoms with Crippen LogP contribution in [0.5, 0.6) is 0 Å². The predicted molar refractivity (Wildman–Crippen MR) is 53.3 cm³/mol. The number of ether oxygens (including phenoxy) is 2. The van der Waals surface area contributed by atoms with E-state index in [4.69, 9.17) is 0 Å². The number of benzene rings is 1. The highest BCUT2D eigenvalue weighted by Crippen LogP contribution is 2.18. The topological polar surface area (TPSA) is 52.6 Å². The van der Waals surface area contributed by atoms with Crippen molar-refractivity contribution in [1.82, 2.24) is 0 Å². The Morgan fingerprint density at radius 3 is 2.75 bits per heavy atom. The molecule has 0 aromatic heterocycles. The molecule has 1 unspecified atom stereocenters. The fourth-order valence-corrected chi connectivity index (χ4v) is 1.13. The first-order chi connectivity index (χ1) is 7.69. The highest BCUT2D eigenvalue weighted by atomic mass is 19.1. The number of halogens is 1. The molecule has 0 radical (unpaired) electrons. The van der Waals surface area contributed by atoms with E-state index in [1.54, 1.807) is 13.0 Å². The van der Waals surface area contributed by atoms with Crippen molar-refractivity contribution in [3.05, 3.63) is 35.6 Å². The van der Waals surface area contributed by atoms with E-state index in [-0.39, 0.29) is 12.2 Å². The second-order valence-electron chi connectivity index (χ2n) is 2.88. The van der Waals surface area contributed by atoms with Crippen molar-refractivity contribution in [3.8, 4) is 0 Å². The van der Waals surface area contributed by atoms with E-state index in [1.165, 1.54) is 18.2 Å². The standard InChI is InChI=1S/C11H11FO4/c1-2-15-11(14)16-10(7-13)8-5-3-4-6-9(8)12/h3-7,10H,2H2,1H3. The Bertz CT molecular complexity index is 378. The highest BCUT2D eigenvalue weighted by molar-refractivity contribution is 5.67. The van der Waals surface area contributed by atoms with Gasteiger partial charge in [-0.15, -0.1) is 0 Å². The Balaban J connectivity index is 2.79. The van der Waals surface area contributed by atoms with Gasteiger partial charge >= 0.3 is 6.16 Å². The summed E-state index contributed by atoms with van der Waals surface area (Å²) in [5.41, 5.74) is 0.00514. The van der Waals surface area contributed by atoms with E-state index in [9.17, 15) is 14.0 Å². The lowest BCUT2D eigenvalue weighted by Gasteiger charge is -2.12. The van der Waals surface area contributed by atoms with Crippen molar-refractivity contribution in [2.75, 3.05) is 6.61 Å². The molecule has 0 heterocycles. The number of hydrogen-bond acceptors (Lipinski definition) is 4. The summed E-state index contributed by atoms with van der Waals surface area (Å²) in [4.78, 5) is 21.7. The smallest absolute Gasteiger partial charge is 0.435 e. The molecular weight excluding hydrogens is 215 g/mol. The molecule has 0 saturated carbocycles. The van der Waals surface area contributed by atoms with Gasteiger partial charge in [-0.3, -0.25) is 4.79 Å². The largest absolute Gasteiger partial charge is 0.509 e. The fraction of sp³-hybridized carbons (Fsp3) is 0.273. The predicted octanol–water partition coefficient (Wildman–Crippen LogP) is 2.24. The molecule has 0 aliphatic heterocycles. The Kier molecular flexibility index (Phi) is 4.44. The zero-order valence-corrected chi connectivity index (χ0v) is 8.68. The van der Waals surface area contributed by atoms with Gasteiger partial charge in [0.1, 0.15) is 5.82 Å². The average molecular weight is 226 g/mol. The van der Waals surface area contributed by atoms with Gasteiger partial charge in [0.2, 0.25) is 0 Å². The fourth-order valence-electron chi connectivity index (χ4n) is 1.13. The highest BCUT2D eigenvalue weighted by Gasteiger charge is 2.19. The van der Waals surface area contributed by atoms with Crippen LogP contribution in [0, 0.1) is 5.82 Å². The van der Waals surface area contributed by atoms with Crippen molar-refractivity contribution >= 4 is 12.4 Å². The van der Waals surface area contributed by atoms with Crippen LogP contribution < -0.4 is 0 Å². The van der Waals surface area contributed by atoms with Gasteiger partial charge in [0.05, 0.1) is 6.61 Å². The van der Waals surface area contributed by atoms with Crippen LogP contribution >= 0.6 is 0 Å². The van der Waals surface area contributed by atoms with Gasteiger partial charge in [-0.25, -0.2) is 9.18 Å². The van der Waals surface area contributed by atoms with Gasteiger partial charge in [0.25, 0.3) is 0 Å². The molecule has 0 N–H and O–H groups in total. The van der Waals surface area contributed by atoms with Gasteiger partial charge < -0.3 is 9.47 Å². The van der Waals surface area contributed by atoms with Crippen molar-refractivity contribution < 1.29 is 23.5 Å². The maximum atomic E-state index is 13.3. The summed E-state index contributed by atoms with van der Waals surface area (Å²) in [5, 5.41) is 0. The molecule has 0 bridgehead atoms. The summed E-state index contributed by atoms with van der Waals surface area (Å²) >= 11 is 0. The Morgan fingerprint density at radius 1 is 1.50 bits per heavy atom. The lowest BCUT2D eigenvalue weighted by molar-refractivity contribution is -0.116. The van der Waals surface area contributed by atoms with Crippen LogP contribution in [0.1, 0.15) is 18.6 Å². The van der Waals surface area contributed by atoms with Gasteiger partial charge in [0.15, 0.2) is 12.4 Å². The normalized spacial score (nSPS) is 11.6. The van der Waals surface area contributed by atoms with Gasteiger partial charge in [-0.2, -0.15) is 0 Å². The molecule has 0 saturated heterocycles. The molecule has 86 valence electrons. The molecule has 4 nitrogen and oxygen atoms in total. The molecule has 5 heteroatoms. The van der Waals surface area contributed by atoms with Crippen LogP contribution in [0.3, 0.4) is 0 Å². The van der Waals surface area contributed by atoms with Crippen LogP contribution in [-0.4, -0.2) is 19.0 Å². The summed E-state index contributed by atoms with van der Waals surface area (Å²) in [6.07, 6.45) is -1.93. The van der Waals surface area contributed by atoms with Crippen LogP contribution in [0.15, 0.2) is 24.3 Å². The second kappa shape index (κ2) is 5.85. The molecule has 0 fully saturated rings. The van der Waals surface area contributed by atoms with Gasteiger partial charge in [-0.05, 0) is 13.0 Å². The third-order valence-corrected chi connectivity index (χ3v) is 1.82. The molecule has 0 aliphatic rings. The van der Waals surface area contributed by atoms with Crippen molar-refractivity contribution in [2.45, 2.75) is 13.0 Å². The first kappa shape index (κ1) is 12.2. The minimum atomic E-state index is -1.28. The number of carbonyl (C=O) groups excluding carboxylic acids is 2. The Morgan fingerprint density at radius 2 is 2.19 bits per heavy atom. The Hall–Kier alpha value is -1.91. The third kappa shape index (κ3) is 3.05. The summed E-state index contributed by atoms with van der Waals surface area (Å²) in [7, 11) is 0. The number of hydrogen-bond donors (Lipinski definition) is 0. The third-order valence-electron chi connectivity index (χ3n) is 1.82. The second-order valence-corrected chi connectivity index (χ2v) is 2.88. The minimum Gasteiger partial charge on any atom is -0.435 e. The van der Waals surface area contributed by atoms with Crippen LogP contribution in [-0.2, 0) is 14.3 Å². The quantitative estimate of drug-likeness (QED) is 0.583. The molecule has 1 aromatic carbocycles. The summed E-state index contributed by atoms with van der Waals surface area (Å²) in [6.45, 7) is 1.72. The van der Waals surface area contributed by atoms with E-state index >= 15 is 0 Å². The van der Waals surface area contributed by atoms with Crippen LogP contribution in [0.25, 0.3) is 0 Å². The van der Waals surface area contributed by atoms with Crippen molar-refractivity contribution in [2.24, 2.45) is 0 Å². The molecular formula is C11H11FO4. The average Bonchev–Trinajstić information content (AvgIpc) is 2.27. The number of carbonyl (C=O) groups is 2. The summed E-state index contributed by atoms with van der Waals surface area (Å²) < 4.78 is 22.4. The zero-order chi connectivity index (χ0) is 12.0. The lowest BCUT2D eigenvalue weighted by atomic mass is 10.1. The van der Waals surface area contributed by atoms with Gasteiger partial charge in [-0.1, -0.05) is 18.2 Å². The molecule has 1 atom stereocenters. The molecule has 1 aromatic rings. The monoisotopic (exact) mass is 226 g/mol. The van der Waals surface area contributed by atoms with Crippen LogP contribution in [0.2, 0.25) is 0 Å². The maximum absolute atomic E-state index is 13.3. The first-order valence-corrected chi connectivity index (χ1v) is 4.72. The van der Waals surface area contributed by atoms with Crippen LogP contribution in [0.4, 0.5) is 9.18 Å². The van der Waals surface area contributed by atoms with Crippen molar-refractivity contribution in [1.29, 1.82) is 0 Å². The summed E-state index contributed by atoms with van der Waals surface area (Å²) in [5.74, 6) is -0.608. The maximum Gasteiger partial charge on any atom is 0.509 e. The van der Waals surface area contributed by atoms with E-state index in [0.29, 0.717) is 6.29 Å². The van der Waals surface area contributed by atoms with E-state index in [0.717, 1.165) is 0 Å². The van der Waals surface area contributed by atoms with E-state index in [2.05, 4.69) is 9.47 Å². The van der Waals surface area contributed by atoms with Crippen molar-refractivity contribution in [3.63, 3.8) is 0 Å². The van der Waals surface area contributed by atoms with E-state index in [1.807, 2.05) is 0 Å². The minimum absolute atomic E-state index is 0.00514. The van der Waals surface area contributed by atoms with E-state index < -0.39 is 18.1 Å². The Labute approximate surface area is 92.0 Å². The first-order valence-electron chi connectivity index (χ1n) is 4.72. The lowest BCUT2D eigenvalue weighted by Crippen LogP contribution is -2.14. The number of aldehydes is 1.